The van der Waals surface area contributed by atoms with Crippen LogP contribution in [0.1, 0.15) is 32.6 Å². The highest BCUT2D eigenvalue weighted by Gasteiger charge is 2.04. The summed E-state index contributed by atoms with van der Waals surface area (Å²) in [5.41, 5.74) is 0.0261. The molecule has 0 radical (unpaired) electrons. The van der Waals surface area contributed by atoms with Gasteiger partial charge >= 0.3 is 5.97 Å². The molecule has 0 N–H and O–H groups in total. The third kappa shape index (κ3) is 13.6. The molecule has 29 heavy (non-hydrogen) atoms. The molecule has 1 rings (SSSR count). The summed E-state index contributed by atoms with van der Waals surface area (Å²) in [5.74, 6) is 0.382. The zero-order chi connectivity index (χ0) is 21.2. The Hall–Kier alpha value is -2.23. The monoisotopic (exact) mass is 413 g/mol. The molecular weight excluding hydrogens is 382 g/mol. The molecule has 0 atom stereocenters. The Morgan fingerprint density at radius 2 is 1.41 bits per heavy atom. The second kappa shape index (κ2) is 16.7. The number of rotatable bonds is 18. The summed E-state index contributed by atoms with van der Waals surface area (Å²) < 4.78 is 26.5. The van der Waals surface area contributed by atoms with Crippen LogP contribution >= 0.6 is 0 Å². The Kier molecular flexibility index (Phi) is 14.3. The van der Waals surface area contributed by atoms with E-state index in [1.54, 1.807) is 12.1 Å². The van der Waals surface area contributed by atoms with Crippen LogP contribution in [0.2, 0.25) is 0 Å². The smallest absolute Gasteiger partial charge is 0.305 e. The first-order valence-corrected chi connectivity index (χ1v) is 9.89. The minimum absolute atomic E-state index is 0.0261. The Labute approximate surface area is 171 Å². The minimum atomic E-state index is -0.456. The summed E-state index contributed by atoms with van der Waals surface area (Å²) in [4.78, 5) is 21.5. The largest absolute Gasteiger partial charge is 0.491 e. The molecule has 0 unspecified atom stereocenters. The number of nitro benzene ring substituents is 1. The van der Waals surface area contributed by atoms with Gasteiger partial charge in [-0.3, -0.25) is 14.9 Å². The first-order chi connectivity index (χ1) is 14.1. The highest BCUT2D eigenvalue weighted by Crippen LogP contribution is 2.17. The van der Waals surface area contributed by atoms with Gasteiger partial charge in [0.25, 0.3) is 5.69 Å². The van der Waals surface area contributed by atoms with Crippen molar-refractivity contribution in [1.82, 2.24) is 0 Å². The lowest BCUT2D eigenvalue weighted by atomic mass is 10.2. The average Bonchev–Trinajstić information content (AvgIpc) is 2.72. The van der Waals surface area contributed by atoms with Gasteiger partial charge in [0.05, 0.1) is 44.6 Å². The molecule has 0 amide bonds. The molecule has 0 aliphatic heterocycles. The number of nitro groups is 1. The predicted octanol–water partition coefficient (Wildman–Crippen LogP) is 3.15. The SMILES string of the molecule is CCCCCC(=O)OCCOCCOCCOCCOc1ccc([N+](=O)[O-])cc1. The Morgan fingerprint density at radius 3 is 1.97 bits per heavy atom. The first kappa shape index (κ1) is 24.8. The van der Waals surface area contributed by atoms with Crippen LogP contribution in [0.25, 0.3) is 0 Å². The Morgan fingerprint density at radius 1 is 0.862 bits per heavy atom. The van der Waals surface area contributed by atoms with E-state index in [0.717, 1.165) is 19.3 Å². The summed E-state index contributed by atoms with van der Waals surface area (Å²) in [6, 6.07) is 5.89. The summed E-state index contributed by atoms with van der Waals surface area (Å²) in [6.45, 7) is 5.18. The van der Waals surface area contributed by atoms with Crippen molar-refractivity contribution in [2.75, 3.05) is 52.9 Å². The van der Waals surface area contributed by atoms with E-state index in [9.17, 15) is 14.9 Å². The van der Waals surface area contributed by atoms with Gasteiger partial charge in [-0.25, -0.2) is 0 Å². The lowest BCUT2D eigenvalue weighted by Gasteiger charge is -2.08. The number of carbonyl (C=O) groups excluding carboxylic acids is 1. The molecule has 0 saturated heterocycles. The van der Waals surface area contributed by atoms with Gasteiger partial charge in [0.15, 0.2) is 0 Å². The summed E-state index contributed by atoms with van der Waals surface area (Å²) in [6.07, 6.45) is 3.46. The number of hydrogen-bond acceptors (Lipinski definition) is 8. The van der Waals surface area contributed by atoms with Crippen molar-refractivity contribution in [2.24, 2.45) is 0 Å². The quantitative estimate of drug-likeness (QED) is 0.156. The van der Waals surface area contributed by atoms with Crippen LogP contribution < -0.4 is 4.74 Å². The van der Waals surface area contributed by atoms with Crippen LogP contribution in [0, 0.1) is 10.1 Å². The molecule has 0 fully saturated rings. The van der Waals surface area contributed by atoms with Crippen molar-refractivity contribution >= 4 is 11.7 Å². The van der Waals surface area contributed by atoms with Crippen LogP contribution in [0.3, 0.4) is 0 Å². The molecule has 0 spiro atoms. The van der Waals surface area contributed by atoms with Gasteiger partial charge in [-0.1, -0.05) is 19.8 Å². The number of nitrogens with zero attached hydrogens (tertiary/aromatic N) is 1. The first-order valence-electron chi connectivity index (χ1n) is 9.89. The number of ether oxygens (including phenoxy) is 5. The van der Waals surface area contributed by atoms with Gasteiger partial charge in [0, 0.05) is 18.6 Å². The fourth-order valence-electron chi connectivity index (χ4n) is 2.23. The van der Waals surface area contributed by atoms with Gasteiger partial charge < -0.3 is 23.7 Å². The van der Waals surface area contributed by atoms with Crippen LogP contribution in [-0.2, 0) is 23.7 Å². The lowest BCUT2D eigenvalue weighted by Crippen LogP contribution is -2.14. The van der Waals surface area contributed by atoms with E-state index in [2.05, 4.69) is 6.92 Å². The van der Waals surface area contributed by atoms with E-state index in [0.29, 0.717) is 58.4 Å². The van der Waals surface area contributed by atoms with E-state index in [1.807, 2.05) is 0 Å². The minimum Gasteiger partial charge on any atom is -0.491 e. The summed E-state index contributed by atoms with van der Waals surface area (Å²) in [5, 5.41) is 10.6. The van der Waals surface area contributed by atoms with Crippen molar-refractivity contribution in [3.8, 4) is 5.75 Å². The van der Waals surface area contributed by atoms with Crippen molar-refractivity contribution in [3.05, 3.63) is 34.4 Å². The maximum absolute atomic E-state index is 11.4. The third-order valence-electron chi connectivity index (χ3n) is 3.76. The van der Waals surface area contributed by atoms with Gasteiger partial charge in [-0.15, -0.1) is 0 Å². The Balaban J connectivity index is 1.83. The molecule has 164 valence electrons. The number of hydrogen-bond donors (Lipinski definition) is 0. The molecular formula is C20H31NO8. The molecule has 0 saturated carbocycles. The Bertz CT molecular complexity index is 564. The van der Waals surface area contributed by atoms with Gasteiger partial charge in [0.1, 0.15) is 19.0 Å². The maximum atomic E-state index is 11.4. The van der Waals surface area contributed by atoms with Gasteiger partial charge in [0.2, 0.25) is 0 Å². The van der Waals surface area contributed by atoms with Crippen LogP contribution in [0.4, 0.5) is 5.69 Å². The molecule has 9 nitrogen and oxygen atoms in total. The molecule has 9 heteroatoms. The van der Waals surface area contributed by atoms with E-state index >= 15 is 0 Å². The van der Waals surface area contributed by atoms with Crippen molar-refractivity contribution in [3.63, 3.8) is 0 Å². The highest BCUT2D eigenvalue weighted by atomic mass is 16.6. The van der Waals surface area contributed by atoms with E-state index in [1.165, 1.54) is 12.1 Å². The van der Waals surface area contributed by atoms with Gasteiger partial charge in [-0.05, 0) is 18.6 Å². The number of esters is 1. The van der Waals surface area contributed by atoms with Crippen molar-refractivity contribution in [1.29, 1.82) is 0 Å². The normalized spacial score (nSPS) is 10.7. The van der Waals surface area contributed by atoms with E-state index in [-0.39, 0.29) is 18.3 Å². The van der Waals surface area contributed by atoms with Crippen LogP contribution in [-0.4, -0.2) is 63.7 Å². The number of unbranched alkanes of at least 4 members (excludes halogenated alkanes) is 2. The second-order valence-electron chi connectivity index (χ2n) is 6.11. The van der Waals surface area contributed by atoms with E-state index < -0.39 is 4.92 Å². The standard InChI is InChI=1S/C20H31NO8/c1-2-3-4-5-20(22)29-17-15-27-13-11-25-10-12-26-14-16-28-19-8-6-18(7-9-19)21(23)24/h6-9H,2-5,10-17H2,1H3. The third-order valence-corrected chi connectivity index (χ3v) is 3.76. The lowest BCUT2D eigenvalue weighted by molar-refractivity contribution is -0.384. The topological polar surface area (TPSA) is 106 Å². The van der Waals surface area contributed by atoms with E-state index in [4.69, 9.17) is 23.7 Å². The van der Waals surface area contributed by atoms with Crippen molar-refractivity contribution < 1.29 is 33.4 Å². The van der Waals surface area contributed by atoms with Crippen molar-refractivity contribution in [2.45, 2.75) is 32.6 Å². The molecule has 0 aromatic heterocycles. The fraction of sp³-hybridized carbons (Fsp3) is 0.650. The number of carbonyl (C=O) groups is 1. The fourth-order valence-corrected chi connectivity index (χ4v) is 2.23. The molecule has 0 heterocycles. The molecule has 0 aliphatic carbocycles. The van der Waals surface area contributed by atoms with Gasteiger partial charge in [-0.2, -0.15) is 0 Å². The second-order valence-corrected chi connectivity index (χ2v) is 6.11. The zero-order valence-corrected chi connectivity index (χ0v) is 17.0. The number of benzene rings is 1. The summed E-state index contributed by atoms with van der Waals surface area (Å²) in [7, 11) is 0. The van der Waals surface area contributed by atoms with Crippen LogP contribution in [0.5, 0.6) is 5.75 Å². The molecule has 1 aromatic rings. The predicted molar refractivity (Wildman–Crippen MR) is 106 cm³/mol. The highest BCUT2D eigenvalue weighted by molar-refractivity contribution is 5.69. The maximum Gasteiger partial charge on any atom is 0.305 e. The zero-order valence-electron chi connectivity index (χ0n) is 17.0. The summed E-state index contributed by atoms with van der Waals surface area (Å²) >= 11 is 0. The molecule has 0 bridgehead atoms. The molecule has 1 aromatic carbocycles. The molecule has 0 aliphatic rings. The van der Waals surface area contributed by atoms with Crippen LogP contribution in [0.15, 0.2) is 24.3 Å². The number of non-ortho nitro benzene ring substituents is 1. The average molecular weight is 413 g/mol.